The van der Waals surface area contributed by atoms with E-state index in [1.165, 1.54) is 0 Å². The lowest BCUT2D eigenvalue weighted by molar-refractivity contribution is -0.582. The van der Waals surface area contributed by atoms with Crippen molar-refractivity contribution < 1.29 is 4.92 Å². The van der Waals surface area contributed by atoms with Crippen molar-refractivity contribution in [3.8, 4) is 0 Å². The molecule has 0 aromatic rings. The first-order chi connectivity index (χ1) is 5.59. The van der Waals surface area contributed by atoms with Crippen LogP contribution < -0.4 is 0 Å². The van der Waals surface area contributed by atoms with Gasteiger partial charge < -0.3 is 0 Å². The number of hydrogen-bond donors (Lipinski definition) is 0. The van der Waals surface area contributed by atoms with E-state index in [2.05, 4.69) is 0 Å². The Bertz CT molecular complexity index is 245. The standard InChI is InChI=1S/C8H12N2O2/c1-9(2)8(10(11)12)6-4-3-5-7-8/h3-6H,7H2,1-2H3. The van der Waals surface area contributed by atoms with E-state index in [9.17, 15) is 10.1 Å². The van der Waals surface area contributed by atoms with Gasteiger partial charge in [0, 0.05) is 11.0 Å². The van der Waals surface area contributed by atoms with Gasteiger partial charge in [-0.1, -0.05) is 18.2 Å². The molecule has 1 rings (SSSR count). The zero-order chi connectivity index (χ0) is 9.19. The van der Waals surface area contributed by atoms with Gasteiger partial charge in [-0.05, 0) is 14.1 Å². The fraction of sp³-hybridized carbons (Fsp3) is 0.500. The van der Waals surface area contributed by atoms with Crippen LogP contribution >= 0.6 is 0 Å². The van der Waals surface area contributed by atoms with Gasteiger partial charge in [0.1, 0.15) is 0 Å². The smallest absolute Gasteiger partial charge is 0.262 e. The normalized spacial score (nSPS) is 27.9. The zero-order valence-electron chi connectivity index (χ0n) is 7.23. The Morgan fingerprint density at radius 1 is 1.50 bits per heavy atom. The zero-order valence-corrected chi connectivity index (χ0v) is 7.23. The molecular formula is C8H12N2O2. The maximum Gasteiger partial charge on any atom is 0.299 e. The maximum absolute atomic E-state index is 10.8. The lowest BCUT2D eigenvalue weighted by atomic mass is 10.0. The van der Waals surface area contributed by atoms with Gasteiger partial charge in [0.05, 0.1) is 6.42 Å². The summed E-state index contributed by atoms with van der Waals surface area (Å²) in [4.78, 5) is 12.2. The highest BCUT2D eigenvalue weighted by Gasteiger charge is 2.42. The highest BCUT2D eigenvalue weighted by molar-refractivity contribution is 5.17. The third kappa shape index (κ3) is 1.25. The van der Waals surface area contributed by atoms with E-state index in [0.29, 0.717) is 6.42 Å². The van der Waals surface area contributed by atoms with E-state index in [-0.39, 0.29) is 4.92 Å². The maximum atomic E-state index is 10.8. The molecule has 0 saturated heterocycles. The molecule has 0 spiro atoms. The Labute approximate surface area is 71.3 Å². The van der Waals surface area contributed by atoms with Gasteiger partial charge in [0.25, 0.3) is 5.66 Å². The average Bonchev–Trinajstić information content (AvgIpc) is 2.05. The van der Waals surface area contributed by atoms with E-state index >= 15 is 0 Å². The highest BCUT2D eigenvalue weighted by Crippen LogP contribution is 2.23. The summed E-state index contributed by atoms with van der Waals surface area (Å²) in [5, 5.41) is 10.8. The van der Waals surface area contributed by atoms with Crippen molar-refractivity contribution in [2.45, 2.75) is 12.1 Å². The van der Waals surface area contributed by atoms with E-state index in [1.807, 2.05) is 12.2 Å². The SMILES string of the molecule is CN(C)C1([N+](=O)[O-])C=CC=CC1. The largest absolute Gasteiger partial charge is 0.299 e. The highest BCUT2D eigenvalue weighted by atomic mass is 16.6. The molecular weight excluding hydrogens is 156 g/mol. The van der Waals surface area contributed by atoms with Crippen molar-refractivity contribution in [3.63, 3.8) is 0 Å². The quantitative estimate of drug-likeness (QED) is 0.351. The molecule has 0 radical (unpaired) electrons. The van der Waals surface area contributed by atoms with Crippen molar-refractivity contribution in [1.29, 1.82) is 0 Å². The van der Waals surface area contributed by atoms with Crippen LogP contribution in [0, 0.1) is 10.1 Å². The number of likely N-dealkylation sites (N-methyl/N-ethyl adjacent to an activating group) is 1. The van der Waals surface area contributed by atoms with Crippen LogP contribution in [0.25, 0.3) is 0 Å². The van der Waals surface area contributed by atoms with E-state index < -0.39 is 5.66 Å². The van der Waals surface area contributed by atoms with Gasteiger partial charge in [-0.25, -0.2) is 4.90 Å². The van der Waals surface area contributed by atoms with Gasteiger partial charge in [-0.15, -0.1) is 0 Å². The summed E-state index contributed by atoms with van der Waals surface area (Å²) in [5.74, 6) is 0. The first-order valence-corrected chi connectivity index (χ1v) is 3.76. The summed E-state index contributed by atoms with van der Waals surface area (Å²) in [6.07, 6.45) is 7.40. The molecule has 1 aliphatic rings. The molecule has 1 aliphatic carbocycles. The number of hydrogen-bond acceptors (Lipinski definition) is 3. The summed E-state index contributed by atoms with van der Waals surface area (Å²) < 4.78 is 0. The molecule has 4 nitrogen and oxygen atoms in total. The molecule has 1 unspecified atom stereocenters. The second kappa shape index (κ2) is 3.06. The van der Waals surface area contributed by atoms with Crippen LogP contribution in [0.15, 0.2) is 24.3 Å². The van der Waals surface area contributed by atoms with Crippen molar-refractivity contribution in [1.82, 2.24) is 4.90 Å². The van der Waals surface area contributed by atoms with Crippen molar-refractivity contribution in [2.75, 3.05) is 14.1 Å². The molecule has 0 amide bonds. The molecule has 0 bridgehead atoms. The van der Waals surface area contributed by atoms with Crippen molar-refractivity contribution in [2.24, 2.45) is 0 Å². The topological polar surface area (TPSA) is 46.4 Å². The summed E-state index contributed by atoms with van der Waals surface area (Å²) in [6, 6.07) is 0. The molecule has 4 heteroatoms. The third-order valence-electron chi connectivity index (χ3n) is 2.12. The summed E-state index contributed by atoms with van der Waals surface area (Å²) in [5.41, 5.74) is -1.03. The summed E-state index contributed by atoms with van der Waals surface area (Å²) in [6.45, 7) is 0. The van der Waals surface area contributed by atoms with Gasteiger partial charge in [-0.3, -0.25) is 10.1 Å². The summed E-state index contributed by atoms with van der Waals surface area (Å²) in [7, 11) is 3.43. The molecule has 0 heterocycles. The number of nitrogens with zero attached hydrogens (tertiary/aromatic N) is 2. The van der Waals surface area contributed by atoms with E-state index in [0.717, 1.165) is 0 Å². The molecule has 1 atom stereocenters. The molecule has 12 heavy (non-hydrogen) atoms. The number of allylic oxidation sites excluding steroid dienone is 2. The van der Waals surface area contributed by atoms with Crippen LogP contribution in [0.4, 0.5) is 0 Å². The lowest BCUT2D eigenvalue weighted by Gasteiger charge is -2.28. The Morgan fingerprint density at radius 2 is 2.17 bits per heavy atom. The van der Waals surface area contributed by atoms with E-state index in [1.54, 1.807) is 31.1 Å². The number of nitro groups is 1. The molecule has 0 aromatic heterocycles. The van der Waals surface area contributed by atoms with Crippen molar-refractivity contribution >= 4 is 0 Å². The van der Waals surface area contributed by atoms with Crippen LogP contribution in [-0.4, -0.2) is 29.6 Å². The van der Waals surface area contributed by atoms with Crippen LogP contribution in [0.3, 0.4) is 0 Å². The number of rotatable bonds is 2. The molecule has 0 N–H and O–H groups in total. The minimum atomic E-state index is -1.03. The molecule has 0 saturated carbocycles. The molecule has 0 fully saturated rings. The third-order valence-corrected chi connectivity index (χ3v) is 2.12. The minimum Gasteiger partial charge on any atom is -0.262 e. The average molecular weight is 168 g/mol. The van der Waals surface area contributed by atoms with Gasteiger partial charge in [0.15, 0.2) is 0 Å². The van der Waals surface area contributed by atoms with Crippen LogP contribution in [0.1, 0.15) is 6.42 Å². The minimum absolute atomic E-state index is 0.257. The Morgan fingerprint density at radius 3 is 2.42 bits per heavy atom. The fourth-order valence-corrected chi connectivity index (χ4v) is 1.23. The lowest BCUT2D eigenvalue weighted by Crippen LogP contribution is -2.49. The van der Waals surface area contributed by atoms with Crippen LogP contribution in [0.5, 0.6) is 0 Å². The Kier molecular flexibility index (Phi) is 2.28. The fourth-order valence-electron chi connectivity index (χ4n) is 1.23. The molecule has 66 valence electrons. The van der Waals surface area contributed by atoms with Gasteiger partial charge in [-0.2, -0.15) is 0 Å². The Hall–Kier alpha value is -1.16. The second-order valence-corrected chi connectivity index (χ2v) is 3.02. The predicted molar refractivity (Wildman–Crippen MR) is 46.3 cm³/mol. The Balaban J connectivity index is 2.96. The molecule has 0 aliphatic heterocycles. The van der Waals surface area contributed by atoms with E-state index in [4.69, 9.17) is 0 Å². The van der Waals surface area contributed by atoms with Crippen LogP contribution in [-0.2, 0) is 0 Å². The molecule has 0 aromatic carbocycles. The second-order valence-electron chi connectivity index (χ2n) is 3.02. The predicted octanol–water partition coefficient (Wildman–Crippen LogP) is 1.04. The first kappa shape index (κ1) is 8.93. The first-order valence-electron chi connectivity index (χ1n) is 3.76. The summed E-state index contributed by atoms with van der Waals surface area (Å²) >= 11 is 0. The monoisotopic (exact) mass is 168 g/mol. The van der Waals surface area contributed by atoms with Gasteiger partial charge >= 0.3 is 0 Å². The van der Waals surface area contributed by atoms with Crippen LogP contribution in [0.2, 0.25) is 0 Å². The van der Waals surface area contributed by atoms with Crippen molar-refractivity contribution in [3.05, 3.63) is 34.4 Å². The van der Waals surface area contributed by atoms with Gasteiger partial charge in [0.2, 0.25) is 0 Å².